The third-order valence-electron chi connectivity index (χ3n) is 2.10. The number of carbonyl (C=O) groups is 2. The molecule has 8 heteroatoms. The summed E-state index contributed by atoms with van der Waals surface area (Å²) in [6.45, 7) is 6.10. The SMILES string of the molecule is CC(=O)OCOP(C)(=O)OCOC(C)(C)C(C)=O. The van der Waals surface area contributed by atoms with Gasteiger partial charge in [-0.3, -0.25) is 23.2 Å². The Kier molecular flexibility index (Phi) is 6.70. The van der Waals surface area contributed by atoms with E-state index in [0.29, 0.717) is 0 Å². The minimum Gasteiger partial charge on any atom is -0.438 e. The van der Waals surface area contributed by atoms with E-state index in [-0.39, 0.29) is 12.6 Å². The summed E-state index contributed by atoms with van der Waals surface area (Å²) in [6, 6.07) is 0. The summed E-state index contributed by atoms with van der Waals surface area (Å²) in [6.07, 6.45) is 0. The van der Waals surface area contributed by atoms with Crippen LogP contribution in [0.15, 0.2) is 0 Å². The standard InChI is InChI=1S/C10H19O7P/c1-8(11)10(3,4)15-7-17-18(5,13)16-6-14-9(2)12/h6-7H2,1-5H3. The lowest BCUT2D eigenvalue weighted by molar-refractivity contribution is -0.151. The molecule has 0 saturated carbocycles. The zero-order chi connectivity index (χ0) is 14.4. The van der Waals surface area contributed by atoms with E-state index in [0.717, 1.165) is 0 Å². The Balaban J connectivity index is 4.01. The topological polar surface area (TPSA) is 88.1 Å². The van der Waals surface area contributed by atoms with Crippen molar-refractivity contribution in [2.45, 2.75) is 33.3 Å². The third-order valence-corrected chi connectivity index (χ3v) is 3.25. The number of carbonyl (C=O) groups excluding carboxylic acids is 2. The van der Waals surface area contributed by atoms with E-state index in [4.69, 9.17) is 13.8 Å². The lowest BCUT2D eigenvalue weighted by Crippen LogP contribution is -2.33. The van der Waals surface area contributed by atoms with Gasteiger partial charge in [0.15, 0.2) is 12.6 Å². The second-order valence-electron chi connectivity index (χ2n) is 4.11. The lowest BCUT2D eigenvalue weighted by Gasteiger charge is -2.22. The number of esters is 1. The van der Waals surface area contributed by atoms with E-state index < -0.39 is 26.0 Å². The van der Waals surface area contributed by atoms with Crippen LogP contribution in [0.25, 0.3) is 0 Å². The van der Waals surface area contributed by atoms with Gasteiger partial charge in [-0.1, -0.05) is 0 Å². The Hall–Kier alpha value is -0.750. The van der Waals surface area contributed by atoms with Gasteiger partial charge in [-0.25, -0.2) is 0 Å². The zero-order valence-corrected chi connectivity index (χ0v) is 12.1. The van der Waals surface area contributed by atoms with Crippen LogP contribution in [0.3, 0.4) is 0 Å². The fourth-order valence-corrected chi connectivity index (χ4v) is 1.18. The van der Waals surface area contributed by atoms with Crippen molar-refractivity contribution in [3.05, 3.63) is 0 Å². The maximum Gasteiger partial charge on any atom is 0.332 e. The first kappa shape index (κ1) is 17.2. The molecular weight excluding hydrogens is 263 g/mol. The van der Waals surface area contributed by atoms with Gasteiger partial charge in [0, 0.05) is 13.6 Å². The van der Waals surface area contributed by atoms with Gasteiger partial charge in [0.25, 0.3) is 0 Å². The van der Waals surface area contributed by atoms with Gasteiger partial charge >= 0.3 is 13.6 Å². The van der Waals surface area contributed by atoms with E-state index in [1.54, 1.807) is 13.8 Å². The third kappa shape index (κ3) is 7.55. The van der Waals surface area contributed by atoms with Crippen molar-refractivity contribution < 1.29 is 32.7 Å². The van der Waals surface area contributed by atoms with Crippen LogP contribution >= 0.6 is 7.60 Å². The zero-order valence-electron chi connectivity index (χ0n) is 11.2. The molecule has 0 amide bonds. The maximum atomic E-state index is 11.7. The summed E-state index contributed by atoms with van der Waals surface area (Å²) in [5.74, 6) is -0.734. The van der Waals surface area contributed by atoms with Gasteiger partial charge in [-0.05, 0) is 20.8 Å². The molecule has 0 rings (SSSR count). The molecular formula is C10H19O7P. The van der Waals surface area contributed by atoms with E-state index in [9.17, 15) is 14.2 Å². The normalized spacial score (nSPS) is 14.9. The summed E-state index contributed by atoms with van der Waals surface area (Å²) in [5, 5.41) is 0. The molecule has 0 aliphatic heterocycles. The average Bonchev–Trinajstić information content (AvgIpc) is 2.15. The van der Waals surface area contributed by atoms with E-state index in [1.165, 1.54) is 20.5 Å². The van der Waals surface area contributed by atoms with Crippen LogP contribution in [-0.4, -0.2) is 37.6 Å². The van der Waals surface area contributed by atoms with Crippen LogP contribution in [0.2, 0.25) is 0 Å². The van der Waals surface area contributed by atoms with Crippen LogP contribution in [0.1, 0.15) is 27.7 Å². The van der Waals surface area contributed by atoms with Crippen molar-refractivity contribution in [1.29, 1.82) is 0 Å². The molecule has 0 heterocycles. The highest BCUT2D eigenvalue weighted by molar-refractivity contribution is 7.52. The fourth-order valence-electron chi connectivity index (χ4n) is 0.613. The molecule has 0 aromatic carbocycles. The first-order valence-corrected chi connectivity index (χ1v) is 7.21. The fraction of sp³-hybridized carbons (Fsp3) is 0.800. The monoisotopic (exact) mass is 282 g/mol. The van der Waals surface area contributed by atoms with Crippen molar-refractivity contribution in [2.75, 3.05) is 20.3 Å². The van der Waals surface area contributed by atoms with Crippen molar-refractivity contribution in [1.82, 2.24) is 0 Å². The van der Waals surface area contributed by atoms with Crippen LogP contribution in [0.4, 0.5) is 0 Å². The molecule has 106 valence electrons. The van der Waals surface area contributed by atoms with E-state index in [1.807, 2.05) is 0 Å². The molecule has 0 aliphatic rings. The van der Waals surface area contributed by atoms with Gasteiger partial charge in [0.1, 0.15) is 5.60 Å². The number of ketones is 1. The predicted octanol–water partition coefficient (Wildman–Crippen LogP) is 1.70. The average molecular weight is 282 g/mol. The highest BCUT2D eigenvalue weighted by atomic mass is 31.2. The number of ether oxygens (including phenoxy) is 2. The summed E-state index contributed by atoms with van der Waals surface area (Å²) in [5.41, 5.74) is -1.02. The molecule has 0 bridgehead atoms. The Morgan fingerprint density at radius 3 is 2.06 bits per heavy atom. The molecule has 0 radical (unpaired) electrons. The minimum absolute atomic E-state index is 0.183. The smallest absolute Gasteiger partial charge is 0.332 e. The number of rotatable bonds is 8. The molecule has 0 N–H and O–H groups in total. The molecule has 1 atom stereocenters. The van der Waals surface area contributed by atoms with Gasteiger partial charge < -0.3 is 9.47 Å². The molecule has 0 aromatic heterocycles. The van der Waals surface area contributed by atoms with Crippen LogP contribution in [0.5, 0.6) is 0 Å². The van der Waals surface area contributed by atoms with Gasteiger partial charge in [-0.2, -0.15) is 0 Å². The lowest BCUT2D eigenvalue weighted by atomic mass is 10.1. The van der Waals surface area contributed by atoms with Crippen LogP contribution < -0.4 is 0 Å². The molecule has 0 saturated heterocycles. The minimum atomic E-state index is -3.38. The summed E-state index contributed by atoms with van der Waals surface area (Å²) < 4.78 is 30.8. The Morgan fingerprint density at radius 2 is 1.61 bits per heavy atom. The van der Waals surface area contributed by atoms with Crippen molar-refractivity contribution >= 4 is 19.3 Å². The quantitative estimate of drug-likeness (QED) is 0.380. The molecule has 7 nitrogen and oxygen atoms in total. The van der Waals surface area contributed by atoms with Crippen LogP contribution in [0, 0.1) is 0 Å². The van der Waals surface area contributed by atoms with Crippen molar-refractivity contribution in [3.8, 4) is 0 Å². The van der Waals surface area contributed by atoms with Crippen molar-refractivity contribution in [3.63, 3.8) is 0 Å². The molecule has 1 unspecified atom stereocenters. The van der Waals surface area contributed by atoms with Gasteiger partial charge in [0.2, 0.25) is 6.79 Å². The molecule has 0 spiro atoms. The maximum absolute atomic E-state index is 11.7. The molecule has 0 aliphatic carbocycles. The van der Waals surface area contributed by atoms with Crippen molar-refractivity contribution in [2.24, 2.45) is 0 Å². The highest BCUT2D eigenvalue weighted by Crippen LogP contribution is 2.43. The largest absolute Gasteiger partial charge is 0.438 e. The molecule has 18 heavy (non-hydrogen) atoms. The Morgan fingerprint density at radius 1 is 1.11 bits per heavy atom. The van der Waals surface area contributed by atoms with Gasteiger partial charge in [-0.15, -0.1) is 0 Å². The predicted molar refractivity (Wildman–Crippen MR) is 63.0 cm³/mol. The van der Waals surface area contributed by atoms with Gasteiger partial charge in [0.05, 0.1) is 0 Å². The molecule has 0 fully saturated rings. The summed E-state index contributed by atoms with van der Waals surface area (Å²) in [7, 11) is -3.38. The summed E-state index contributed by atoms with van der Waals surface area (Å²) in [4.78, 5) is 21.6. The van der Waals surface area contributed by atoms with E-state index in [2.05, 4.69) is 4.74 Å². The van der Waals surface area contributed by atoms with E-state index >= 15 is 0 Å². The second kappa shape index (κ2) is 6.99. The first-order valence-electron chi connectivity index (χ1n) is 5.22. The first-order chi connectivity index (χ1) is 8.07. The Bertz CT molecular complexity index is 350. The summed E-state index contributed by atoms with van der Waals surface area (Å²) >= 11 is 0. The van der Waals surface area contributed by atoms with Crippen LogP contribution in [-0.2, 0) is 32.7 Å². The number of hydrogen-bond acceptors (Lipinski definition) is 7. The highest BCUT2D eigenvalue weighted by Gasteiger charge is 2.26. The second-order valence-corrected chi connectivity index (χ2v) is 6.17. The number of Topliss-reactive ketones (excluding diaryl/α,β-unsaturated/α-hetero) is 1. The number of hydrogen-bond donors (Lipinski definition) is 0. The Labute approximate surface area is 106 Å². The molecule has 0 aromatic rings.